The highest BCUT2D eigenvalue weighted by atomic mass is 16.5. The maximum atomic E-state index is 12.1. The molecule has 1 aliphatic rings. The molecule has 2 heterocycles. The number of anilines is 1. The lowest BCUT2D eigenvalue weighted by molar-refractivity contribution is 0.0746. The van der Waals surface area contributed by atoms with E-state index in [0.717, 1.165) is 26.2 Å². The first-order valence-electron chi connectivity index (χ1n) is 6.33. The minimum absolute atomic E-state index is 0.00559. The van der Waals surface area contributed by atoms with Crippen LogP contribution in [0.1, 0.15) is 10.4 Å². The van der Waals surface area contributed by atoms with E-state index in [9.17, 15) is 4.79 Å². The Morgan fingerprint density at radius 1 is 1.11 bits per heavy atom. The summed E-state index contributed by atoms with van der Waals surface area (Å²) in [7, 11) is 0. The Bertz CT molecular complexity index is 531. The lowest BCUT2D eigenvalue weighted by atomic mass is 10.2. The van der Waals surface area contributed by atoms with Crippen LogP contribution in [0.25, 0.3) is 0 Å². The van der Waals surface area contributed by atoms with E-state index in [-0.39, 0.29) is 5.91 Å². The summed E-state index contributed by atoms with van der Waals surface area (Å²) in [5.41, 5.74) is 1.73. The van der Waals surface area contributed by atoms with Gasteiger partial charge in [-0.05, 0) is 12.1 Å². The molecule has 19 heavy (non-hydrogen) atoms. The van der Waals surface area contributed by atoms with Gasteiger partial charge in [-0.3, -0.25) is 4.79 Å². The standard InChI is InChI=1S/C14H15N3O2/c18-14(12-10-15-19-11-12)17-8-6-16(7-9-17)13-4-2-1-3-5-13/h1-5,10-11H,6-9H2. The van der Waals surface area contributed by atoms with Crippen molar-refractivity contribution in [3.63, 3.8) is 0 Å². The second-order valence-electron chi connectivity index (χ2n) is 4.53. The molecular formula is C14H15N3O2. The van der Waals surface area contributed by atoms with Crippen LogP contribution in [0.3, 0.4) is 0 Å². The number of carbonyl (C=O) groups is 1. The number of hydrogen-bond donors (Lipinski definition) is 0. The second kappa shape index (κ2) is 5.14. The fourth-order valence-electron chi connectivity index (χ4n) is 2.30. The Morgan fingerprint density at radius 3 is 2.47 bits per heavy atom. The fraction of sp³-hybridized carbons (Fsp3) is 0.286. The summed E-state index contributed by atoms with van der Waals surface area (Å²) in [5.74, 6) is -0.00559. The molecule has 5 nitrogen and oxygen atoms in total. The van der Waals surface area contributed by atoms with Gasteiger partial charge in [0.1, 0.15) is 6.26 Å². The van der Waals surface area contributed by atoms with Crippen LogP contribution in [0.15, 0.2) is 47.3 Å². The zero-order chi connectivity index (χ0) is 13.1. The zero-order valence-electron chi connectivity index (χ0n) is 10.5. The summed E-state index contributed by atoms with van der Waals surface area (Å²) in [6.07, 6.45) is 2.86. The van der Waals surface area contributed by atoms with Crippen LogP contribution in [-0.2, 0) is 0 Å². The van der Waals surface area contributed by atoms with Crippen LogP contribution in [-0.4, -0.2) is 42.1 Å². The van der Waals surface area contributed by atoms with Crippen molar-refractivity contribution >= 4 is 11.6 Å². The van der Waals surface area contributed by atoms with E-state index < -0.39 is 0 Å². The van der Waals surface area contributed by atoms with Crippen LogP contribution in [0.5, 0.6) is 0 Å². The van der Waals surface area contributed by atoms with Crippen molar-refractivity contribution in [2.75, 3.05) is 31.1 Å². The summed E-state index contributed by atoms with van der Waals surface area (Å²) < 4.78 is 4.71. The molecule has 1 aromatic carbocycles. The smallest absolute Gasteiger partial charge is 0.258 e. The topological polar surface area (TPSA) is 49.6 Å². The number of rotatable bonds is 2. The van der Waals surface area contributed by atoms with Gasteiger partial charge in [0.15, 0.2) is 0 Å². The number of nitrogens with zero attached hydrogens (tertiary/aromatic N) is 3. The third-order valence-electron chi connectivity index (χ3n) is 3.37. The predicted octanol–water partition coefficient (Wildman–Crippen LogP) is 1.64. The number of piperazine rings is 1. The quantitative estimate of drug-likeness (QED) is 0.820. The fourth-order valence-corrected chi connectivity index (χ4v) is 2.30. The van der Waals surface area contributed by atoms with Crippen molar-refractivity contribution in [1.82, 2.24) is 10.1 Å². The lowest BCUT2D eigenvalue weighted by Crippen LogP contribution is -2.48. The lowest BCUT2D eigenvalue weighted by Gasteiger charge is -2.35. The summed E-state index contributed by atoms with van der Waals surface area (Å²) in [6, 6.07) is 10.3. The molecule has 0 radical (unpaired) electrons. The van der Waals surface area contributed by atoms with Crippen molar-refractivity contribution in [2.45, 2.75) is 0 Å². The van der Waals surface area contributed by atoms with E-state index in [0.29, 0.717) is 5.56 Å². The molecule has 0 atom stereocenters. The van der Waals surface area contributed by atoms with Crippen molar-refractivity contribution < 1.29 is 9.32 Å². The molecule has 0 spiro atoms. The van der Waals surface area contributed by atoms with Crippen molar-refractivity contribution in [2.24, 2.45) is 0 Å². The van der Waals surface area contributed by atoms with Gasteiger partial charge in [0.25, 0.3) is 5.91 Å². The zero-order valence-corrected chi connectivity index (χ0v) is 10.5. The van der Waals surface area contributed by atoms with Gasteiger partial charge in [-0.25, -0.2) is 0 Å². The summed E-state index contributed by atoms with van der Waals surface area (Å²) in [6.45, 7) is 3.14. The molecule has 5 heteroatoms. The van der Waals surface area contributed by atoms with E-state index in [1.165, 1.54) is 18.1 Å². The van der Waals surface area contributed by atoms with Gasteiger partial charge in [-0.15, -0.1) is 0 Å². The highest BCUT2D eigenvalue weighted by molar-refractivity contribution is 5.93. The monoisotopic (exact) mass is 257 g/mol. The van der Waals surface area contributed by atoms with E-state index >= 15 is 0 Å². The van der Waals surface area contributed by atoms with Gasteiger partial charge in [0.2, 0.25) is 0 Å². The highest BCUT2D eigenvalue weighted by Gasteiger charge is 2.23. The normalized spacial score (nSPS) is 15.6. The van der Waals surface area contributed by atoms with Crippen molar-refractivity contribution in [3.8, 4) is 0 Å². The molecule has 0 N–H and O–H groups in total. The number of amides is 1. The third kappa shape index (κ3) is 2.45. The number of carbonyl (C=O) groups excluding carboxylic acids is 1. The number of hydrogen-bond acceptors (Lipinski definition) is 4. The Balaban J connectivity index is 1.62. The van der Waals surface area contributed by atoms with Gasteiger partial charge >= 0.3 is 0 Å². The summed E-state index contributed by atoms with van der Waals surface area (Å²) >= 11 is 0. The van der Waals surface area contributed by atoms with Crippen LogP contribution >= 0.6 is 0 Å². The van der Waals surface area contributed by atoms with E-state index in [1.54, 1.807) is 0 Å². The molecule has 0 unspecified atom stereocenters. The Hall–Kier alpha value is -2.30. The van der Waals surface area contributed by atoms with Crippen LogP contribution in [0.4, 0.5) is 5.69 Å². The van der Waals surface area contributed by atoms with E-state index in [2.05, 4.69) is 22.2 Å². The van der Waals surface area contributed by atoms with Gasteiger partial charge in [0.05, 0.1) is 11.8 Å². The molecule has 3 rings (SSSR count). The molecule has 1 aromatic heterocycles. The highest BCUT2D eigenvalue weighted by Crippen LogP contribution is 2.16. The van der Waals surface area contributed by atoms with Gasteiger partial charge in [0, 0.05) is 31.9 Å². The van der Waals surface area contributed by atoms with E-state index in [4.69, 9.17) is 4.52 Å². The molecule has 1 fully saturated rings. The van der Waals surface area contributed by atoms with Gasteiger partial charge in [-0.1, -0.05) is 23.4 Å². The second-order valence-corrected chi connectivity index (χ2v) is 4.53. The van der Waals surface area contributed by atoms with Crippen LogP contribution < -0.4 is 4.90 Å². The third-order valence-corrected chi connectivity index (χ3v) is 3.37. The molecule has 0 saturated carbocycles. The number of aromatic nitrogens is 1. The van der Waals surface area contributed by atoms with Gasteiger partial charge in [-0.2, -0.15) is 0 Å². The first kappa shape index (κ1) is 11.8. The average Bonchev–Trinajstić information content (AvgIpc) is 3.02. The molecule has 2 aromatic rings. The van der Waals surface area contributed by atoms with Crippen LogP contribution in [0, 0.1) is 0 Å². The molecule has 1 aliphatic heterocycles. The predicted molar refractivity (Wildman–Crippen MR) is 71.1 cm³/mol. The summed E-state index contributed by atoms with van der Waals surface area (Å²) in [5, 5.41) is 3.57. The molecule has 98 valence electrons. The van der Waals surface area contributed by atoms with E-state index in [1.807, 2.05) is 23.1 Å². The molecule has 0 aliphatic carbocycles. The Kier molecular flexibility index (Phi) is 3.18. The molecular weight excluding hydrogens is 242 g/mol. The largest absolute Gasteiger partial charge is 0.368 e. The summed E-state index contributed by atoms with van der Waals surface area (Å²) in [4.78, 5) is 16.2. The Morgan fingerprint density at radius 2 is 1.84 bits per heavy atom. The Labute approximate surface area is 111 Å². The van der Waals surface area contributed by atoms with Crippen molar-refractivity contribution in [1.29, 1.82) is 0 Å². The maximum absolute atomic E-state index is 12.1. The van der Waals surface area contributed by atoms with Crippen molar-refractivity contribution in [3.05, 3.63) is 48.4 Å². The molecule has 1 saturated heterocycles. The number of benzene rings is 1. The van der Waals surface area contributed by atoms with Crippen LogP contribution in [0.2, 0.25) is 0 Å². The molecule has 0 bridgehead atoms. The average molecular weight is 257 g/mol. The minimum Gasteiger partial charge on any atom is -0.368 e. The number of para-hydroxylation sites is 1. The maximum Gasteiger partial charge on any atom is 0.258 e. The minimum atomic E-state index is -0.00559. The molecule has 1 amide bonds. The SMILES string of the molecule is O=C(c1cnoc1)N1CCN(c2ccccc2)CC1. The first-order chi connectivity index (χ1) is 9.34. The van der Waals surface area contributed by atoms with Gasteiger partial charge < -0.3 is 14.3 Å². The first-order valence-corrected chi connectivity index (χ1v) is 6.33.